The second kappa shape index (κ2) is 8.32. The van der Waals surface area contributed by atoms with Crippen LogP contribution in [0, 0.1) is 13.8 Å². The van der Waals surface area contributed by atoms with Gasteiger partial charge in [0, 0.05) is 38.4 Å². The van der Waals surface area contributed by atoms with E-state index in [9.17, 15) is 5.11 Å². The van der Waals surface area contributed by atoms with E-state index >= 15 is 0 Å². The van der Waals surface area contributed by atoms with Crippen molar-refractivity contribution in [3.05, 3.63) is 42.0 Å². The molecule has 1 saturated heterocycles. The lowest BCUT2D eigenvalue weighted by Crippen LogP contribution is -2.49. The van der Waals surface area contributed by atoms with Crippen LogP contribution in [-0.2, 0) is 4.74 Å². The highest BCUT2D eigenvalue weighted by Gasteiger charge is 2.19. The van der Waals surface area contributed by atoms with Crippen molar-refractivity contribution in [1.29, 1.82) is 0 Å². The Hall–Kier alpha value is -1.36. The third kappa shape index (κ3) is 4.83. The molecule has 2 rings (SSSR count). The number of β-amino-alcohol motifs (C(OH)–C–C–N with tert-alkyl or cyclic N) is 1. The van der Waals surface area contributed by atoms with Crippen molar-refractivity contribution in [2.45, 2.75) is 20.0 Å². The fourth-order valence-corrected chi connectivity index (χ4v) is 2.75. The number of rotatable bonds is 7. The summed E-state index contributed by atoms with van der Waals surface area (Å²) in [5, 5.41) is 9.96. The Bertz CT molecular complexity index is 482. The molecule has 1 fully saturated rings. The predicted molar refractivity (Wildman–Crippen MR) is 91.6 cm³/mol. The van der Waals surface area contributed by atoms with E-state index < -0.39 is 6.10 Å². The molecule has 0 bridgehead atoms. The number of ether oxygens (including phenoxy) is 1. The van der Waals surface area contributed by atoms with E-state index in [1.165, 1.54) is 16.8 Å². The van der Waals surface area contributed by atoms with Gasteiger partial charge >= 0.3 is 0 Å². The Balaban J connectivity index is 1.77. The highest BCUT2D eigenvalue weighted by molar-refractivity contribution is 5.51. The van der Waals surface area contributed by atoms with E-state index in [4.69, 9.17) is 4.74 Å². The lowest BCUT2D eigenvalue weighted by molar-refractivity contribution is 0.0252. The quantitative estimate of drug-likeness (QED) is 0.617. The normalized spacial score (nSPS) is 17.5. The van der Waals surface area contributed by atoms with Crippen LogP contribution in [0.3, 0.4) is 0 Å². The Morgan fingerprint density at radius 3 is 2.59 bits per heavy atom. The van der Waals surface area contributed by atoms with Crippen LogP contribution in [0.1, 0.15) is 11.1 Å². The Morgan fingerprint density at radius 2 is 1.95 bits per heavy atom. The second-order valence-electron chi connectivity index (χ2n) is 6.04. The summed E-state index contributed by atoms with van der Waals surface area (Å²) in [7, 11) is 0. The molecule has 4 nitrogen and oxygen atoms in total. The first-order valence-corrected chi connectivity index (χ1v) is 8.01. The zero-order valence-electron chi connectivity index (χ0n) is 13.8. The molecule has 0 saturated carbocycles. The van der Waals surface area contributed by atoms with Gasteiger partial charge in [-0.25, -0.2) is 0 Å². The Labute approximate surface area is 134 Å². The van der Waals surface area contributed by atoms with Crippen LogP contribution in [-0.4, -0.2) is 62.0 Å². The summed E-state index contributed by atoms with van der Waals surface area (Å²) >= 11 is 0. The van der Waals surface area contributed by atoms with E-state index in [2.05, 4.69) is 48.4 Å². The number of anilines is 1. The van der Waals surface area contributed by atoms with Gasteiger partial charge < -0.3 is 14.7 Å². The maximum Gasteiger partial charge on any atom is 0.0900 e. The third-order valence-corrected chi connectivity index (χ3v) is 4.24. The Morgan fingerprint density at radius 1 is 1.23 bits per heavy atom. The van der Waals surface area contributed by atoms with Crippen molar-refractivity contribution in [3.63, 3.8) is 0 Å². The van der Waals surface area contributed by atoms with Gasteiger partial charge in [0.15, 0.2) is 0 Å². The SMILES string of the molecule is C=CCOCC(O)CN1CCN(c2ccc(C)c(C)c2)CC1. The van der Waals surface area contributed by atoms with Gasteiger partial charge in [0.25, 0.3) is 0 Å². The Kier molecular flexibility index (Phi) is 6.43. The van der Waals surface area contributed by atoms with Crippen LogP contribution >= 0.6 is 0 Å². The maximum absolute atomic E-state index is 9.96. The summed E-state index contributed by atoms with van der Waals surface area (Å²) < 4.78 is 5.30. The fraction of sp³-hybridized carbons (Fsp3) is 0.556. The van der Waals surface area contributed by atoms with Crippen LogP contribution < -0.4 is 4.90 Å². The average Bonchev–Trinajstić information content (AvgIpc) is 2.51. The molecule has 1 N–H and O–H groups in total. The summed E-state index contributed by atoms with van der Waals surface area (Å²) in [6.45, 7) is 13.4. The highest BCUT2D eigenvalue weighted by atomic mass is 16.5. The number of aliphatic hydroxyl groups is 1. The molecule has 0 amide bonds. The predicted octanol–water partition coefficient (Wildman–Crippen LogP) is 1.99. The van der Waals surface area contributed by atoms with Crippen molar-refractivity contribution in [1.82, 2.24) is 4.90 Å². The molecule has 1 unspecified atom stereocenters. The molecule has 4 heteroatoms. The van der Waals surface area contributed by atoms with E-state index in [0.29, 0.717) is 19.8 Å². The zero-order valence-corrected chi connectivity index (χ0v) is 13.8. The molecule has 122 valence electrons. The first kappa shape index (κ1) is 17.0. The molecule has 1 aliphatic rings. The summed E-state index contributed by atoms with van der Waals surface area (Å²) in [6, 6.07) is 6.66. The van der Waals surface area contributed by atoms with Gasteiger partial charge in [0.1, 0.15) is 0 Å². The van der Waals surface area contributed by atoms with Crippen molar-refractivity contribution >= 4 is 5.69 Å². The summed E-state index contributed by atoms with van der Waals surface area (Å²) in [5.74, 6) is 0. The number of benzene rings is 1. The number of aryl methyl sites for hydroxylation is 2. The molecular weight excluding hydrogens is 276 g/mol. The van der Waals surface area contributed by atoms with Crippen molar-refractivity contribution in [2.24, 2.45) is 0 Å². The molecule has 0 spiro atoms. The first-order chi connectivity index (χ1) is 10.6. The largest absolute Gasteiger partial charge is 0.389 e. The van der Waals surface area contributed by atoms with Gasteiger partial charge in [-0.1, -0.05) is 12.1 Å². The van der Waals surface area contributed by atoms with E-state index in [1.807, 2.05) is 0 Å². The van der Waals surface area contributed by atoms with Crippen LogP contribution in [0.15, 0.2) is 30.9 Å². The van der Waals surface area contributed by atoms with E-state index in [0.717, 1.165) is 26.2 Å². The second-order valence-corrected chi connectivity index (χ2v) is 6.04. The van der Waals surface area contributed by atoms with Crippen LogP contribution in [0.2, 0.25) is 0 Å². The highest BCUT2D eigenvalue weighted by Crippen LogP contribution is 2.20. The minimum absolute atomic E-state index is 0.378. The topological polar surface area (TPSA) is 35.9 Å². The average molecular weight is 304 g/mol. The van der Waals surface area contributed by atoms with E-state index in [-0.39, 0.29) is 0 Å². The van der Waals surface area contributed by atoms with Crippen LogP contribution in [0.4, 0.5) is 5.69 Å². The summed E-state index contributed by atoms with van der Waals surface area (Å²) in [5.41, 5.74) is 3.98. The molecule has 1 heterocycles. The van der Waals surface area contributed by atoms with Gasteiger partial charge in [-0.2, -0.15) is 0 Å². The van der Waals surface area contributed by atoms with Gasteiger partial charge in [-0.15, -0.1) is 6.58 Å². The lowest BCUT2D eigenvalue weighted by Gasteiger charge is -2.37. The molecule has 1 aromatic rings. The molecule has 0 aliphatic carbocycles. The fourth-order valence-electron chi connectivity index (χ4n) is 2.75. The maximum atomic E-state index is 9.96. The van der Waals surface area contributed by atoms with Crippen molar-refractivity contribution in [3.8, 4) is 0 Å². The number of piperazine rings is 1. The molecule has 0 radical (unpaired) electrons. The minimum atomic E-state index is -0.423. The van der Waals surface area contributed by atoms with Crippen LogP contribution in [0.5, 0.6) is 0 Å². The van der Waals surface area contributed by atoms with Gasteiger partial charge in [-0.05, 0) is 37.1 Å². The molecule has 0 aromatic heterocycles. The summed E-state index contributed by atoms with van der Waals surface area (Å²) in [4.78, 5) is 4.73. The van der Waals surface area contributed by atoms with Crippen LogP contribution in [0.25, 0.3) is 0 Å². The summed E-state index contributed by atoms with van der Waals surface area (Å²) in [6.07, 6.45) is 1.28. The lowest BCUT2D eigenvalue weighted by atomic mass is 10.1. The standard InChI is InChI=1S/C18H28N2O2/c1-4-11-22-14-18(21)13-19-7-9-20(10-8-19)17-6-5-15(2)16(3)12-17/h4-6,12,18,21H,1,7-11,13-14H2,2-3H3. The number of hydrogen-bond donors (Lipinski definition) is 1. The van der Waals surface area contributed by atoms with Gasteiger partial charge in [0.05, 0.1) is 19.3 Å². The van der Waals surface area contributed by atoms with Crippen molar-refractivity contribution in [2.75, 3.05) is 50.8 Å². The van der Waals surface area contributed by atoms with E-state index in [1.54, 1.807) is 6.08 Å². The van der Waals surface area contributed by atoms with Crippen molar-refractivity contribution < 1.29 is 9.84 Å². The zero-order chi connectivity index (χ0) is 15.9. The molecule has 1 atom stereocenters. The van der Waals surface area contributed by atoms with Gasteiger partial charge in [-0.3, -0.25) is 4.90 Å². The molecular formula is C18H28N2O2. The van der Waals surface area contributed by atoms with Gasteiger partial charge in [0.2, 0.25) is 0 Å². The monoisotopic (exact) mass is 304 g/mol. The molecule has 22 heavy (non-hydrogen) atoms. The first-order valence-electron chi connectivity index (χ1n) is 8.01. The smallest absolute Gasteiger partial charge is 0.0900 e. The number of hydrogen-bond acceptors (Lipinski definition) is 4. The number of nitrogens with zero attached hydrogens (tertiary/aromatic N) is 2. The molecule has 1 aromatic carbocycles. The minimum Gasteiger partial charge on any atom is -0.389 e. The number of aliphatic hydroxyl groups excluding tert-OH is 1. The third-order valence-electron chi connectivity index (χ3n) is 4.24. The molecule has 1 aliphatic heterocycles.